The van der Waals surface area contributed by atoms with E-state index in [4.69, 9.17) is 15.2 Å². The highest BCUT2D eigenvalue weighted by Gasteiger charge is 2.22. The van der Waals surface area contributed by atoms with Crippen molar-refractivity contribution in [2.75, 3.05) is 18.9 Å². The van der Waals surface area contributed by atoms with E-state index >= 15 is 0 Å². The van der Waals surface area contributed by atoms with Crippen LogP contribution in [0.3, 0.4) is 0 Å². The lowest BCUT2D eigenvalue weighted by atomic mass is 9.92. The number of rotatable bonds is 9. The van der Waals surface area contributed by atoms with Gasteiger partial charge in [-0.25, -0.2) is 9.07 Å². The van der Waals surface area contributed by atoms with Crippen molar-refractivity contribution in [1.82, 2.24) is 14.8 Å². The molecule has 0 bridgehead atoms. The molecule has 0 amide bonds. The summed E-state index contributed by atoms with van der Waals surface area (Å²) in [4.78, 5) is 29.4. The van der Waals surface area contributed by atoms with Crippen LogP contribution in [0.15, 0.2) is 66.9 Å². The van der Waals surface area contributed by atoms with E-state index in [9.17, 15) is 23.6 Å². The molecule has 9 nitrogen and oxygen atoms in total. The molecule has 222 valence electrons. The Morgan fingerprint density at radius 2 is 1.93 bits per heavy atom. The topological polar surface area (TPSA) is 136 Å². The van der Waals surface area contributed by atoms with Gasteiger partial charge >= 0.3 is 0 Å². The van der Waals surface area contributed by atoms with E-state index in [2.05, 4.69) is 10.1 Å². The fraction of sp³-hybridized carbons (Fsp3) is 0.212. The first kappa shape index (κ1) is 28.8. The standard InChI is InChI=1S/C33H27F2N5O4/c34-25-2-1-3-30(31(25)35)44-23-6-8-28(22(15-23)17-36)40-33(37)24(18-38-40)32(42)27-16-21-14-20(5-7-26(21)39-27)29(41)9-4-19-10-12-43-13-11-19/h1-3,5-8,14-16,18-19,39H,4,9-13,37H2. The first-order chi connectivity index (χ1) is 21.3. The first-order valence-electron chi connectivity index (χ1n) is 14.1. The van der Waals surface area contributed by atoms with E-state index < -0.39 is 17.4 Å². The van der Waals surface area contributed by atoms with Gasteiger partial charge in [-0.1, -0.05) is 6.07 Å². The highest BCUT2D eigenvalue weighted by molar-refractivity contribution is 6.13. The smallest absolute Gasteiger partial charge is 0.214 e. The van der Waals surface area contributed by atoms with Gasteiger partial charge < -0.3 is 20.2 Å². The summed E-state index contributed by atoms with van der Waals surface area (Å²) in [5.74, 6) is -2.32. The van der Waals surface area contributed by atoms with Crippen LogP contribution in [-0.2, 0) is 4.74 Å². The molecule has 1 aliphatic rings. The molecule has 0 unspecified atom stereocenters. The molecule has 1 saturated heterocycles. The minimum atomic E-state index is -1.15. The summed E-state index contributed by atoms with van der Waals surface area (Å²) in [7, 11) is 0. The molecule has 0 spiro atoms. The van der Waals surface area contributed by atoms with Gasteiger partial charge in [0.1, 0.15) is 17.6 Å². The largest absolute Gasteiger partial charge is 0.454 e. The summed E-state index contributed by atoms with van der Waals surface area (Å²) in [6.07, 6.45) is 4.55. The normalized spacial score (nSPS) is 13.6. The molecule has 0 aliphatic carbocycles. The number of hydrogen-bond acceptors (Lipinski definition) is 7. The van der Waals surface area contributed by atoms with Gasteiger partial charge in [0, 0.05) is 42.2 Å². The number of nitriles is 1. The van der Waals surface area contributed by atoms with Crippen LogP contribution in [0.5, 0.6) is 11.5 Å². The number of carbonyl (C=O) groups is 2. The number of nitrogen functional groups attached to an aromatic ring is 1. The number of aromatic nitrogens is 3. The minimum Gasteiger partial charge on any atom is -0.454 e. The number of Topliss-reactive ketones (excluding diaryl/α,β-unsaturated/α-hetero) is 1. The number of aromatic amines is 1. The predicted molar refractivity (Wildman–Crippen MR) is 158 cm³/mol. The summed E-state index contributed by atoms with van der Waals surface area (Å²) in [6.45, 7) is 1.49. The number of H-pyrrole nitrogens is 1. The fourth-order valence-electron chi connectivity index (χ4n) is 5.36. The second-order valence-electron chi connectivity index (χ2n) is 10.6. The van der Waals surface area contributed by atoms with Crippen molar-refractivity contribution in [3.8, 4) is 23.3 Å². The number of ketones is 2. The zero-order valence-corrected chi connectivity index (χ0v) is 23.5. The number of anilines is 1. The number of benzene rings is 3. The third kappa shape index (κ3) is 5.67. The van der Waals surface area contributed by atoms with Gasteiger partial charge in [-0.15, -0.1) is 0 Å². The van der Waals surface area contributed by atoms with E-state index in [1.807, 2.05) is 6.07 Å². The molecule has 3 heterocycles. The van der Waals surface area contributed by atoms with Crippen molar-refractivity contribution < 1.29 is 27.8 Å². The van der Waals surface area contributed by atoms with Crippen LogP contribution in [0.25, 0.3) is 16.6 Å². The molecule has 3 aromatic carbocycles. The molecule has 6 rings (SSSR count). The number of fused-ring (bicyclic) bond motifs is 1. The zero-order chi connectivity index (χ0) is 30.8. The minimum absolute atomic E-state index is 0.000945. The molecule has 0 atom stereocenters. The SMILES string of the molecule is N#Cc1cc(Oc2cccc(F)c2F)ccc1-n1ncc(C(=O)c2cc3cc(C(=O)CCC4CCOCC4)ccc3[nH]2)c1N. The Bertz CT molecular complexity index is 1930. The molecule has 1 fully saturated rings. The molecule has 2 aromatic heterocycles. The lowest BCUT2D eigenvalue weighted by molar-refractivity contribution is 0.0619. The van der Waals surface area contributed by atoms with Gasteiger partial charge in [-0.3, -0.25) is 9.59 Å². The zero-order valence-electron chi connectivity index (χ0n) is 23.5. The van der Waals surface area contributed by atoms with Gasteiger partial charge in [-0.2, -0.15) is 14.8 Å². The average Bonchev–Trinajstić information content (AvgIpc) is 3.65. The van der Waals surface area contributed by atoms with E-state index in [1.165, 1.54) is 41.2 Å². The van der Waals surface area contributed by atoms with Crippen LogP contribution >= 0.6 is 0 Å². The number of hydrogen-bond donors (Lipinski definition) is 2. The number of nitrogens with zero attached hydrogens (tertiary/aromatic N) is 3. The maximum Gasteiger partial charge on any atom is 0.214 e. The quantitative estimate of drug-likeness (QED) is 0.186. The Kier molecular flexibility index (Phi) is 7.91. The van der Waals surface area contributed by atoms with Crippen molar-refractivity contribution in [3.05, 3.63) is 101 Å². The fourth-order valence-corrected chi connectivity index (χ4v) is 5.36. The molecule has 5 aromatic rings. The van der Waals surface area contributed by atoms with E-state index in [-0.39, 0.29) is 45.6 Å². The lowest BCUT2D eigenvalue weighted by Crippen LogP contribution is -2.16. The highest BCUT2D eigenvalue weighted by atomic mass is 19.2. The highest BCUT2D eigenvalue weighted by Crippen LogP contribution is 2.30. The van der Waals surface area contributed by atoms with E-state index in [0.717, 1.165) is 38.5 Å². The van der Waals surface area contributed by atoms with E-state index in [1.54, 1.807) is 24.3 Å². The summed E-state index contributed by atoms with van der Waals surface area (Å²) in [5, 5.41) is 14.7. The maximum absolute atomic E-state index is 14.1. The monoisotopic (exact) mass is 595 g/mol. The summed E-state index contributed by atoms with van der Waals surface area (Å²) in [6, 6.07) is 16.8. The number of nitrogens with one attached hydrogen (secondary N) is 1. The lowest BCUT2D eigenvalue weighted by Gasteiger charge is -2.21. The molecule has 44 heavy (non-hydrogen) atoms. The van der Waals surface area contributed by atoms with Crippen LogP contribution in [-0.4, -0.2) is 39.5 Å². The van der Waals surface area contributed by atoms with Crippen molar-refractivity contribution in [1.29, 1.82) is 5.26 Å². The third-order valence-electron chi connectivity index (χ3n) is 7.82. The van der Waals surface area contributed by atoms with Crippen LogP contribution in [0, 0.1) is 28.9 Å². The summed E-state index contributed by atoms with van der Waals surface area (Å²) in [5.41, 5.74) is 8.32. The maximum atomic E-state index is 14.1. The van der Waals surface area contributed by atoms with Crippen molar-refractivity contribution in [2.24, 2.45) is 5.92 Å². The first-order valence-corrected chi connectivity index (χ1v) is 14.1. The van der Waals surface area contributed by atoms with Crippen LogP contribution in [0.4, 0.5) is 14.6 Å². The van der Waals surface area contributed by atoms with Crippen LogP contribution in [0.1, 0.15) is 57.7 Å². The van der Waals surface area contributed by atoms with Gasteiger partial charge in [0.05, 0.1) is 28.7 Å². The van der Waals surface area contributed by atoms with Crippen molar-refractivity contribution in [3.63, 3.8) is 0 Å². The van der Waals surface area contributed by atoms with Gasteiger partial charge in [0.15, 0.2) is 17.3 Å². The molecule has 11 heteroatoms. The Hall–Kier alpha value is -5.34. The van der Waals surface area contributed by atoms with Gasteiger partial charge in [-0.05, 0) is 73.7 Å². The Morgan fingerprint density at radius 1 is 1.11 bits per heavy atom. The summed E-state index contributed by atoms with van der Waals surface area (Å²) >= 11 is 0. The molecule has 3 N–H and O–H groups in total. The molecular formula is C33H27F2N5O4. The van der Waals surface area contributed by atoms with E-state index in [0.29, 0.717) is 28.8 Å². The molecule has 0 saturated carbocycles. The Labute approximate surface area is 250 Å². The third-order valence-corrected chi connectivity index (χ3v) is 7.82. The number of ether oxygens (including phenoxy) is 2. The molecule has 1 aliphatic heterocycles. The number of nitrogens with two attached hydrogens (primary N) is 1. The van der Waals surface area contributed by atoms with Crippen LogP contribution in [0.2, 0.25) is 0 Å². The second-order valence-corrected chi connectivity index (χ2v) is 10.6. The summed E-state index contributed by atoms with van der Waals surface area (Å²) < 4.78 is 39.7. The predicted octanol–water partition coefficient (Wildman–Crippen LogP) is 6.50. The van der Waals surface area contributed by atoms with Gasteiger partial charge in [0.2, 0.25) is 11.6 Å². The molecule has 0 radical (unpaired) electrons. The second kappa shape index (κ2) is 12.1. The average molecular weight is 596 g/mol. The number of halogens is 2. The van der Waals surface area contributed by atoms with Crippen LogP contribution < -0.4 is 10.5 Å². The van der Waals surface area contributed by atoms with Crippen molar-refractivity contribution in [2.45, 2.75) is 25.7 Å². The van der Waals surface area contributed by atoms with Crippen molar-refractivity contribution >= 4 is 28.3 Å². The Balaban J connectivity index is 1.20. The Morgan fingerprint density at radius 3 is 2.73 bits per heavy atom. The van der Waals surface area contributed by atoms with Gasteiger partial charge in [0.25, 0.3) is 0 Å². The number of carbonyl (C=O) groups excluding carboxylic acids is 2. The molecular weight excluding hydrogens is 568 g/mol.